The second-order valence-electron chi connectivity index (χ2n) is 8.86. The number of anilines is 1. The van der Waals surface area contributed by atoms with Gasteiger partial charge in [-0.3, -0.25) is 10.0 Å². The Morgan fingerprint density at radius 2 is 1.84 bits per heavy atom. The number of nitrogens with one attached hydrogen (secondary N) is 2. The number of carbonyl (C=O) groups is 1. The van der Waals surface area contributed by atoms with Crippen molar-refractivity contribution >= 4 is 23.5 Å². The molecule has 3 N–H and O–H groups in total. The minimum Gasteiger partial charge on any atom is -0.382 e. The van der Waals surface area contributed by atoms with Crippen molar-refractivity contribution < 1.29 is 10.0 Å². The maximum absolute atomic E-state index is 11.5. The first-order valence-corrected chi connectivity index (χ1v) is 12.2. The van der Waals surface area contributed by atoms with E-state index in [4.69, 9.17) is 5.21 Å². The Hall–Kier alpha value is -1.80. The number of rotatable bonds is 6. The maximum atomic E-state index is 11.5. The summed E-state index contributed by atoms with van der Waals surface area (Å²) < 4.78 is 2.31. The van der Waals surface area contributed by atoms with Crippen molar-refractivity contribution in [2.24, 2.45) is 0 Å². The van der Waals surface area contributed by atoms with Crippen LogP contribution in [0.2, 0.25) is 0 Å². The van der Waals surface area contributed by atoms with E-state index >= 15 is 0 Å². The lowest BCUT2D eigenvalue weighted by molar-refractivity contribution is -0.125. The summed E-state index contributed by atoms with van der Waals surface area (Å²) in [6.45, 7) is 3.93. The molecule has 1 aromatic rings. The maximum Gasteiger partial charge on any atom is 0.270 e. The van der Waals surface area contributed by atoms with Crippen molar-refractivity contribution in [3.8, 4) is 0 Å². The molecule has 1 amide bonds. The largest absolute Gasteiger partial charge is 0.382 e. The van der Waals surface area contributed by atoms with Gasteiger partial charge in [-0.05, 0) is 69.9 Å². The van der Waals surface area contributed by atoms with Gasteiger partial charge in [-0.2, -0.15) is 0 Å². The van der Waals surface area contributed by atoms with Gasteiger partial charge in [0.25, 0.3) is 5.91 Å². The fourth-order valence-corrected chi connectivity index (χ4v) is 5.73. The molecule has 1 saturated heterocycles. The summed E-state index contributed by atoms with van der Waals surface area (Å²) >= 11 is 1.88. The first kappa shape index (κ1) is 22.4. The van der Waals surface area contributed by atoms with E-state index in [-0.39, 0.29) is 5.91 Å². The van der Waals surface area contributed by atoms with Gasteiger partial charge in [0.05, 0.1) is 0 Å². The molecule has 0 saturated carbocycles. The van der Waals surface area contributed by atoms with Gasteiger partial charge in [0.2, 0.25) is 0 Å². The molecule has 0 radical (unpaired) electrons. The number of amides is 1. The number of hydrogen-bond donors (Lipinski definition) is 3. The summed E-state index contributed by atoms with van der Waals surface area (Å²) in [6.07, 6.45) is 12.1. The zero-order valence-corrected chi connectivity index (χ0v) is 19.1. The normalized spacial score (nSPS) is 25.8. The second kappa shape index (κ2) is 10.7. The molecule has 168 valence electrons. The molecule has 7 heteroatoms. The van der Waals surface area contributed by atoms with Crippen LogP contribution in [0, 0.1) is 0 Å². The Morgan fingerprint density at radius 1 is 1.06 bits per heavy atom. The SMILES string of the molecule is CN1CCC(Nc2ccc(C3C=CC(SN4CC=C(C(=O)NO)CC4)CC3)cc2)CC1. The fraction of sp³-hybridized carbons (Fsp3) is 0.542. The van der Waals surface area contributed by atoms with Gasteiger partial charge >= 0.3 is 0 Å². The first-order valence-electron chi connectivity index (χ1n) is 11.4. The highest BCUT2D eigenvalue weighted by atomic mass is 32.2. The van der Waals surface area contributed by atoms with Crippen LogP contribution in [0.1, 0.15) is 43.6 Å². The quantitative estimate of drug-likeness (QED) is 0.270. The zero-order chi connectivity index (χ0) is 21.6. The number of carbonyl (C=O) groups excluding carboxylic acids is 1. The summed E-state index contributed by atoms with van der Waals surface area (Å²) in [5.74, 6) is 0.118. The van der Waals surface area contributed by atoms with Gasteiger partial charge < -0.3 is 10.2 Å². The topological polar surface area (TPSA) is 67.8 Å². The number of piperidine rings is 1. The molecule has 2 aliphatic heterocycles. The average Bonchev–Trinajstić information content (AvgIpc) is 2.82. The standard InChI is InChI=1S/C24H34N4O2S/c1-27-14-12-22(13-15-27)25-21-6-2-18(3-7-21)19-4-8-23(9-5-19)31-28-16-10-20(11-17-28)24(29)26-30/h2-4,6-8,10,19,22-23,25,30H,5,9,11-17H2,1H3,(H,26,29). The molecule has 6 nitrogen and oxygen atoms in total. The van der Waals surface area contributed by atoms with Crippen LogP contribution in [-0.2, 0) is 4.79 Å². The smallest absolute Gasteiger partial charge is 0.270 e. The third-order valence-electron chi connectivity index (χ3n) is 6.60. The van der Waals surface area contributed by atoms with E-state index in [2.05, 4.69) is 58.0 Å². The van der Waals surface area contributed by atoms with Gasteiger partial charge in [-0.15, -0.1) is 0 Å². The van der Waals surface area contributed by atoms with Crippen molar-refractivity contribution in [3.63, 3.8) is 0 Å². The van der Waals surface area contributed by atoms with Crippen LogP contribution in [0.3, 0.4) is 0 Å². The van der Waals surface area contributed by atoms with E-state index in [0.29, 0.717) is 29.2 Å². The molecule has 0 bridgehead atoms. The van der Waals surface area contributed by atoms with E-state index in [1.54, 1.807) is 5.48 Å². The molecule has 2 unspecified atom stereocenters. The van der Waals surface area contributed by atoms with Crippen LogP contribution in [0.15, 0.2) is 48.1 Å². The van der Waals surface area contributed by atoms with Crippen LogP contribution in [0.4, 0.5) is 5.69 Å². The highest BCUT2D eigenvalue weighted by Gasteiger charge is 2.23. The highest BCUT2D eigenvalue weighted by molar-refractivity contribution is 7.97. The predicted molar refractivity (Wildman–Crippen MR) is 127 cm³/mol. The van der Waals surface area contributed by atoms with Crippen molar-refractivity contribution in [3.05, 3.63) is 53.6 Å². The summed E-state index contributed by atoms with van der Waals surface area (Å²) in [5, 5.41) is 12.9. The van der Waals surface area contributed by atoms with E-state index in [0.717, 1.165) is 25.9 Å². The second-order valence-corrected chi connectivity index (χ2v) is 10.2. The molecule has 2 atom stereocenters. The number of allylic oxidation sites excluding steroid dienone is 1. The molecular formula is C24H34N4O2S. The van der Waals surface area contributed by atoms with Crippen molar-refractivity contribution in [1.29, 1.82) is 0 Å². The minimum atomic E-state index is -0.377. The molecule has 0 spiro atoms. The number of hydroxylamine groups is 1. The summed E-state index contributed by atoms with van der Waals surface area (Å²) in [5.41, 5.74) is 5.03. The molecule has 4 rings (SSSR count). The van der Waals surface area contributed by atoms with E-state index in [1.165, 1.54) is 37.2 Å². The lowest BCUT2D eigenvalue weighted by Gasteiger charge is -2.30. The Morgan fingerprint density at radius 3 is 2.45 bits per heavy atom. The van der Waals surface area contributed by atoms with Gasteiger partial charge in [0.15, 0.2) is 0 Å². The Labute approximate surface area is 189 Å². The molecule has 0 aromatic heterocycles. The summed E-state index contributed by atoms with van der Waals surface area (Å²) in [4.78, 5) is 13.9. The van der Waals surface area contributed by atoms with Gasteiger partial charge in [0, 0.05) is 41.6 Å². The summed E-state index contributed by atoms with van der Waals surface area (Å²) in [6, 6.07) is 9.63. The number of benzene rings is 1. The van der Waals surface area contributed by atoms with Crippen molar-refractivity contribution in [1.82, 2.24) is 14.7 Å². The Kier molecular flexibility index (Phi) is 7.72. The molecule has 3 aliphatic rings. The molecular weight excluding hydrogens is 408 g/mol. The average molecular weight is 443 g/mol. The molecule has 1 aromatic carbocycles. The molecule has 2 heterocycles. The Bertz CT molecular complexity index is 802. The Balaban J connectivity index is 1.24. The van der Waals surface area contributed by atoms with Crippen LogP contribution in [0.5, 0.6) is 0 Å². The van der Waals surface area contributed by atoms with Crippen LogP contribution in [0.25, 0.3) is 0 Å². The number of likely N-dealkylation sites (tertiary alicyclic amines) is 1. The molecule has 1 fully saturated rings. The third-order valence-corrected chi connectivity index (χ3v) is 7.89. The monoisotopic (exact) mass is 442 g/mol. The van der Waals surface area contributed by atoms with E-state index < -0.39 is 0 Å². The van der Waals surface area contributed by atoms with E-state index in [1.807, 2.05) is 18.0 Å². The molecule has 31 heavy (non-hydrogen) atoms. The molecule has 1 aliphatic carbocycles. The third kappa shape index (κ3) is 6.13. The van der Waals surface area contributed by atoms with Crippen LogP contribution in [-0.4, -0.2) is 64.8 Å². The first-order chi connectivity index (χ1) is 15.1. The number of nitrogens with zero attached hydrogens (tertiary/aromatic N) is 2. The fourth-order valence-electron chi connectivity index (χ4n) is 4.59. The van der Waals surface area contributed by atoms with E-state index in [9.17, 15) is 4.79 Å². The number of hydrogen-bond acceptors (Lipinski definition) is 6. The summed E-state index contributed by atoms with van der Waals surface area (Å²) in [7, 11) is 2.20. The van der Waals surface area contributed by atoms with Crippen LogP contribution >= 0.6 is 11.9 Å². The van der Waals surface area contributed by atoms with Gasteiger partial charge in [-0.1, -0.05) is 42.3 Å². The lowest BCUT2D eigenvalue weighted by atomic mass is 9.89. The predicted octanol–water partition coefficient (Wildman–Crippen LogP) is 3.78. The highest BCUT2D eigenvalue weighted by Crippen LogP contribution is 2.35. The minimum absolute atomic E-state index is 0.377. The van der Waals surface area contributed by atoms with Crippen LogP contribution < -0.4 is 10.8 Å². The van der Waals surface area contributed by atoms with Crippen molar-refractivity contribution in [2.45, 2.75) is 49.3 Å². The zero-order valence-electron chi connectivity index (χ0n) is 18.3. The van der Waals surface area contributed by atoms with Gasteiger partial charge in [0.1, 0.15) is 0 Å². The van der Waals surface area contributed by atoms with Crippen molar-refractivity contribution in [2.75, 3.05) is 38.5 Å². The lowest BCUT2D eigenvalue weighted by Crippen LogP contribution is -2.36. The van der Waals surface area contributed by atoms with Gasteiger partial charge in [-0.25, -0.2) is 9.79 Å².